The summed E-state index contributed by atoms with van der Waals surface area (Å²) in [7, 11) is 0. The van der Waals surface area contributed by atoms with Crippen molar-refractivity contribution < 1.29 is 0 Å². The molecule has 1 unspecified atom stereocenters. The first kappa shape index (κ1) is 15.1. The number of hydrogen-bond acceptors (Lipinski definition) is 4. The van der Waals surface area contributed by atoms with Crippen molar-refractivity contribution in [1.29, 1.82) is 0 Å². The lowest BCUT2D eigenvalue weighted by molar-refractivity contribution is 0.295. The lowest BCUT2D eigenvalue weighted by atomic mass is 10.2. The van der Waals surface area contributed by atoms with E-state index in [2.05, 4.69) is 40.5 Å². The summed E-state index contributed by atoms with van der Waals surface area (Å²) >= 11 is 0. The first-order chi connectivity index (χ1) is 8.76. The number of hydrogen-bond donors (Lipinski definition) is 2. The van der Waals surface area contributed by atoms with E-state index in [9.17, 15) is 0 Å². The molecule has 18 heavy (non-hydrogen) atoms. The maximum Gasteiger partial charge on any atom is 0.0948 e. The average molecular weight is 253 g/mol. The van der Waals surface area contributed by atoms with Gasteiger partial charge >= 0.3 is 0 Å². The van der Waals surface area contributed by atoms with Gasteiger partial charge in [0.25, 0.3) is 0 Å². The molecule has 5 heteroatoms. The van der Waals surface area contributed by atoms with Crippen LogP contribution in [0, 0.1) is 0 Å². The van der Waals surface area contributed by atoms with Crippen molar-refractivity contribution in [3.63, 3.8) is 0 Å². The van der Waals surface area contributed by atoms with E-state index < -0.39 is 0 Å². The molecule has 0 fully saturated rings. The summed E-state index contributed by atoms with van der Waals surface area (Å²) in [5, 5.41) is 3.52. The molecule has 5 nitrogen and oxygen atoms in total. The van der Waals surface area contributed by atoms with E-state index in [4.69, 9.17) is 5.73 Å². The summed E-state index contributed by atoms with van der Waals surface area (Å²) in [5.41, 5.74) is 7.03. The maximum absolute atomic E-state index is 5.85. The van der Waals surface area contributed by atoms with Crippen LogP contribution in [0.2, 0.25) is 0 Å². The molecule has 0 aliphatic rings. The number of likely N-dealkylation sites (N-methyl/N-ethyl adjacent to an activating group) is 1. The lowest BCUT2D eigenvalue weighted by Gasteiger charge is -2.22. The van der Waals surface area contributed by atoms with Crippen LogP contribution in [0.1, 0.15) is 32.5 Å². The third-order valence-corrected chi connectivity index (χ3v) is 3.39. The summed E-state index contributed by atoms with van der Waals surface area (Å²) in [4.78, 5) is 6.59. The van der Waals surface area contributed by atoms with E-state index in [1.54, 1.807) is 0 Å². The molecule has 0 aromatic carbocycles. The number of nitrogens with one attached hydrogen (secondary N) is 1. The average Bonchev–Trinajstić information content (AvgIpc) is 2.87. The Morgan fingerprint density at radius 3 is 2.67 bits per heavy atom. The predicted molar refractivity (Wildman–Crippen MR) is 75.5 cm³/mol. The topological polar surface area (TPSA) is 59.1 Å². The smallest absolute Gasteiger partial charge is 0.0948 e. The van der Waals surface area contributed by atoms with Crippen LogP contribution >= 0.6 is 0 Å². The van der Waals surface area contributed by atoms with Crippen molar-refractivity contribution in [1.82, 2.24) is 19.8 Å². The van der Waals surface area contributed by atoms with Crippen LogP contribution in [0.3, 0.4) is 0 Å². The van der Waals surface area contributed by atoms with Crippen LogP contribution in [0.5, 0.6) is 0 Å². The van der Waals surface area contributed by atoms with Gasteiger partial charge < -0.3 is 20.5 Å². The van der Waals surface area contributed by atoms with Gasteiger partial charge in [0.1, 0.15) is 0 Å². The van der Waals surface area contributed by atoms with Crippen LogP contribution in [0.15, 0.2) is 12.5 Å². The molecule has 0 aliphatic carbocycles. The quantitative estimate of drug-likeness (QED) is 0.684. The monoisotopic (exact) mass is 253 g/mol. The molecule has 1 heterocycles. The van der Waals surface area contributed by atoms with Crippen molar-refractivity contribution in [2.75, 3.05) is 32.7 Å². The molecular weight excluding hydrogens is 226 g/mol. The van der Waals surface area contributed by atoms with Gasteiger partial charge in [0.05, 0.1) is 18.1 Å². The Morgan fingerprint density at radius 2 is 2.11 bits per heavy atom. The van der Waals surface area contributed by atoms with Gasteiger partial charge in [0, 0.05) is 32.4 Å². The molecule has 0 bridgehead atoms. The Hall–Kier alpha value is -0.910. The number of rotatable bonds is 9. The molecule has 3 N–H and O–H groups in total. The van der Waals surface area contributed by atoms with Crippen molar-refractivity contribution >= 4 is 0 Å². The van der Waals surface area contributed by atoms with Gasteiger partial charge in [-0.05, 0) is 20.0 Å². The zero-order valence-electron chi connectivity index (χ0n) is 11.9. The highest BCUT2D eigenvalue weighted by Crippen LogP contribution is 2.10. The Kier molecular flexibility index (Phi) is 6.93. The molecule has 0 aliphatic heterocycles. The first-order valence-electron chi connectivity index (χ1n) is 6.92. The second kappa shape index (κ2) is 8.24. The minimum Gasteiger partial charge on any atom is -0.333 e. The Morgan fingerprint density at radius 1 is 1.39 bits per heavy atom. The van der Waals surface area contributed by atoms with E-state index in [1.807, 2.05) is 12.5 Å². The standard InChI is InChI=1S/C13H27N5/c1-4-17(5-2)8-7-16-12(9-14)13-10-15-11-18(13)6-3/h10-12,16H,4-9,14H2,1-3H3. The normalized spacial score (nSPS) is 13.2. The van der Waals surface area contributed by atoms with Gasteiger partial charge in [-0.2, -0.15) is 0 Å². The van der Waals surface area contributed by atoms with Gasteiger partial charge in [-0.3, -0.25) is 0 Å². The Labute approximate surface area is 110 Å². The molecule has 1 rings (SSSR count). The number of nitrogens with zero attached hydrogens (tertiary/aromatic N) is 3. The molecule has 0 saturated carbocycles. The predicted octanol–water partition coefficient (Wildman–Crippen LogP) is 0.834. The van der Waals surface area contributed by atoms with Crippen LogP contribution in [-0.4, -0.2) is 47.2 Å². The molecule has 1 atom stereocenters. The number of imidazole rings is 1. The minimum atomic E-state index is 0.197. The second-order valence-electron chi connectivity index (χ2n) is 4.37. The molecule has 0 saturated heterocycles. The van der Waals surface area contributed by atoms with Crippen molar-refractivity contribution in [3.05, 3.63) is 18.2 Å². The zero-order valence-corrected chi connectivity index (χ0v) is 11.9. The molecule has 0 spiro atoms. The summed E-state index contributed by atoms with van der Waals surface area (Å²) in [5.74, 6) is 0. The van der Waals surface area contributed by atoms with Gasteiger partial charge in [-0.1, -0.05) is 13.8 Å². The zero-order chi connectivity index (χ0) is 13.4. The largest absolute Gasteiger partial charge is 0.333 e. The number of aryl methyl sites for hydroxylation is 1. The van der Waals surface area contributed by atoms with E-state index >= 15 is 0 Å². The highest BCUT2D eigenvalue weighted by atomic mass is 15.1. The van der Waals surface area contributed by atoms with E-state index in [0.29, 0.717) is 6.54 Å². The van der Waals surface area contributed by atoms with Crippen molar-refractivity contribution in [2.45, 2.75) is 33.4 Å². The molecule has 0 radical (unpaired) electrons. The SMILES string of the molecule is CCN(CC)CCNC(CN)c1cncn1CC. The van der Waals surface area contributed by atoms with E-state index in [1.165, 1.54) is 5.69 Å². The highest BCUT2D eigenvalue weighted by molar-refractivity contribution is 5.05. The number of aromatic nitrogens is 2. The van der Waals surface area contributed by atoms with Crippen LogP contribution in [0.25, 0.3) is 0 Å². The van der Waals surface area contributed by atoms with Crippen LogP contribution in [0.4, 0.5) is 0 Å². The fourth-order valence-corrected chi connectivity index (χ4v) is 2.13. The minimum absolute atomic E-state index is 0.197. The molecule has 0 amide bonds. The second-order valence-corrected chi connectivity index (χ2v) is 4.37. The van der Waals surface area contributed by atoms with Gasteiger partial charge in [0.15, 0.2) is 0 Å². The van der Waals surface area contributed by atoms with E-state index in [-0.39, 0.29) is 6.04 Å². The maximum atomic E-state index is 5.85. The molecular formula is C13H27N5. The summed E-state index contributed by atoms with van der Waals surface area (Å²) in [6.45, 7) is 12.2. The molecule has 1 aromatic heterocycles. The lowest BCUT2D eigenvalue weighted by Crippen LogP contribution is -2.36. The Bertz CT molecular complexity index is 319. The first-order valence-corrected chi connectivity index (χ1v) is 6.92. The highest BCUT2D eigenvalue weighted by Gasteiger charge is 2.13. The van der Waals surface area contributed by atoms with Crippen molar-refractivity contribution in [2.24, 2.45) is 5.73 Å². The third kappa shape index (κ3) is 4.08. The van der Waals surface area contributed by atoms with Gasteiger partial charge in [-0.15, -0.1) is 0 Å². The van der Waals surface area contributed by atoms with Crippen LogP contribution < -0.4 is 11.1 Å². The summed E-state index contributed by atoms with van der Waals surface area (Å²) in [6, 6.07) is 0.197. The summed E-state index contributed by atoms with van der Waals surface area (Å²) in [6.07, 6.45) is 3.77. The molecule has 104 valence electrons. The van der Waals surface area contributed by atoms with Gasteiger partial charge in [-0.25, -0.2) is 4.98 Å². The fraction of sp³-hybridized carbons (Fsp3) is 0.769. The third-order valence-electron chi connectivity index (χ3n) is 3.39. The molecule has 1 aromatic rings. The van der Waals surface area contributed by atoms with Crippen molar-refractivity contribution in [3.8, 4) is 0 Å². The summed E-state index contributed by atoms with van der Waals surface area (Å²) < 4.78 is 2.14. The number of nitrogens with two attached hydrogens (primary N) is 1. The van der Waals surface area contributed by atoms with Crippen LogP contribution in [-0.2, 0) is 6.54 Å². The van der Waals surface area contributed by atoms with E-state index in [0.717, 1.165) is 32.7 Å². The fourth-order valence-electron chi connectivity index (χ4n) is 2.13. The Balaban J connectivity index is 2.47. The van der Waals surface area contributed by atoms with Gasteiger partial charge in [0.2, 0.25) is 0 Å².